The molecular weight excluding hydrogens is 444 g/mol. The van der Waals surface area contributed by atoms with Crippen LogP contribution in [-0.2, 0) is 23.2 Å². The number of aryl methyl sites for hydroxylation is 1. The Morgan fingerprint density at radius 1 is 1.17 bits per heavy atom. The number of amides is 2. The monoisotopic (exact) mass is 476 g/mol. The van der Waals surface area contributed by atoms with Gasteiger partial charge in [0.2, 0.25) is 11.8 Å². The number of piperidine rings is 1. The number of carbonyl (C=O) groups excluding carboxylic acids is 2. The zero-order valence-corrected chi connectivity index (χ0v) is 20.4. The van der Waals surface area contributed by atoms with Crippen molar-refractivity contribution in [1.82, 2.24) is 34.1 Å². The maximum atomic E-state index is 12.2. The number of nitrogens with zero attached hydrogens (tertiary/aromatic N) is 7. The second kappa shape index (κ2) is 9.16. The van der Waals surface area contributed by atoms with Gasteiger partial charge in [0.1, 0.15) is 17.8 Å². The summed E-state index contributed by atoms with van der Waals surface area (Å²) in [5.74, 6) is 1.16. The molecule has 35 heavy (non-hydrogen) atoms. The number of anilines is 1. The smallest absolute Gasteiger partial charge is 0.245 e. The maximum absolute atomic E-state index is 12.2. The second-order valence-corrected chi connectivity index (χ2v) is 9.65. The van der Waals surface area contributed by atoms with Crippen LogP contribution in [0.2, 0.25) is 0 Å². The molecule has 184 valence electrons. The molecule has 2 aliphatic rings. The molecule has 0 aromatic carbocycles. The van der Waals surface area contributed by atoms with Crippen molar-refractivity contribution in [1.29, 1.82) is 0 Å². The van der Waals surface area contributed by atoms with Gasteiger partial charge in [0.05, 0.1) is 11.6 Å². The van der Waals surface area contributed by atoms with E-state index in [9.17, 15) is 9.59 Å². The Morgan fingerprint density at radius 3 is 2.63 bits per heavy atom. The van der Waals surface area contributed by atoms with Gasteiger partial charge in [0.15, 0.2) is 0 Å². The van der Waals surface area contributed by atoms with Crippen molar-refractivity contribution >= 4 is 28.7 Å². The molecule has 1 unspecified atom stereocenters. The number of carbonyl (C=O) groups is 2. The molecule has 2 aliphatic heterocycles. The fourth-order valence-electron chi connectivity index (χ4n) is 5.66. The lowest BCUT2D eigenvalue weighted by Crippen LogP contribution is -2.38. The average molecular weight is 477 g/mol. The van der Waals surface area contributed by atoms with Gasteiger partial charge >= 0.3 is 0 Å². The quantitative estimate of drug-likeness (QED) is 0.565. The van der Waals surface area contributed by atoms with Gasteiger partial charge in [-0.1, -0.05) is 6.58 Å². The molecule has 0 spiro atoms. The summed E-state index contributed by atoms with van der Waals surface area (Å²) in [5, 5.41) is 5.50. The van der Waals surface area contributed by atoms with Gasteiger partial charge in [-0.25, -0.2) is 9.97 Å². The Bertz CT molecular complexity index is 1280. The van der Waals surface area contributed by atoms with Crippen molar-refractivity contribution < 1.29 is 9.59 Å². The highest BCUT2D eigenvalue weighted by Crippen LogP contribution is 2.42. The summed E-state index contributed by atoms with van der Waals surface area (Å²) in [6.07, 6.45) is 9.63. The molecule has 2 saturated heterocycles. The summed E-state index contributed by atoms with van der Waals surface area (Å²) >= 11 is 0. The number of aromatic nitrogens is 5. The second-order valence-electron chi connectivity index (χ2n) is 9.65. The van der Waals surface area contributed by atoms with Crippen LogP contribution in [-0.4, -0.2) is 72.1 Å². The van der Waals surface area contributed by atoms with Crippen molar-refractivity contribution in [3.63, 3.8) is 0 Å². The van der Waals surface area contributed by atoms with Gasteiger partial charge in [-0.15, -0.1) is 0 Å². The van der Waals surface area contributed by atoms with E-state index in [0.717, 1.165) is 66.8 Å². The van der Waals surface area contributed by atoms with E-state index >= 15 is 0 Å². The fourth-order valence-corrected chi connectivity index (χ4v) is 5.66. The highest BCUT2D eigenvalue weighted by molar-refractivity contribution is 6.02. The predicted octanol–water partition coefficient (Wildman–Crippen LogP) is 2.17. The molecule has 0 radical (unpaired) electrons. The van der Waals surface area contributed by atoms with Crippen LogP contribution in [0.15, 0.2) is 31.4 Å². The number of nitrogen functional groups attached to an aromatic ring is 1. The average Bonchev–Trinajstić information content (AvgIpc) is 3.58. The Kier molecular flexibility index (Phi) is 6.04. The normalized spacial score (nSPS) is 19.0. The molecule has 0 aliphatic carbocycles. The summed E-state index contributed by atoms with van der Waals surface area (Å²) in [6.45, 7) is 8.99. The summed E-state index contributed by atoms with van der Waals surface area (Å²) < 4.78 is 4.08. The minimum Gasteiger partial charge on any atom is -0.383 e. The third-order valence-corrected chi connectivity index (χ3v) is 7.53. The fraction of sp³-hybridized carbons (Fsp3) is 0.480. The van der Waals surface area contributed by atoms with Gasteiger partial charge in [0, 0.05) is 75.6 Å². The van der Waals surface area contributed by atoms with Crippen LogP contribution in [0.5, 0.6) is 0 Å². The molecule has 5 heterocycles. The SMILES string of the molecule is C=CC(=O)N1CCC(c2c(-c3cnn(CC4CCN(C(C)=O)CC4)c3)c3c(N)ncnc3n2C)C1. The van der Waals surface area contributed by atoms with Crippen molar-refractivity contribution in [2.75, 3.05) is 31.9 Å². The first kappa shape index (κ1) is 23.1. The van der Waals surface area contributed by atoms with Crippen LogP contribution in [0.4, 0.5) is 5.82 Å². The Labute approximate surface area is 204 Å². The zero-order chi connectivity index (χ0) is 24.7. The van der Waals surface area contributed by atoms with Gasteiger partial charge in [-0.2, -0.15) is 5.10 Å². The lowest BCUT2D eigenvalue weighted by atomic mass is 9.96. The molecule has 5 rings (SSSR count). The number of hydrogen-bond donors (Lipinski definition) is 1. The van der Waals surface area contributed by atoms with E-state index in [4.69, 9.17) is 5.73 Å². The van der Waals surface area contributed by atoms with Crippen LogP contribution in [0.1, 0.15) is 37.8 Å². The van der Waals surface area contributed by atoms with Crippen molar-refractivity contribution in [2.45, 2.75) is 38.6 Å². The minimum atomic E-state index is -0.0456. The molecule has 2 amide bonds. The predicted molar refractivity (Wildman–Crippen MR) is 133 cm³/mol. The molecule has 1 atom stereocenters. The van der Waals surface area contributed by atoms with E-state index < -0.39 is 0 Å². The summed E-state index contributed by atoms with van der Waals surface area (Å²) in [5.41, 5.74) is 10.2. The first-order valence-electron chi connectivity index (χ1n) is 12.2. The molecule has 3 aromatic heterocycles. The first-order chi connectivity index (χ1) is 16.9. The topological polar surface area (TPSA) is 115 Å². The van der Waals surface area contributed by atoms with E-state index in [1.807, 2.05) is 27.7 Å². The molecule has 2 N–H and O–H groups in total. The summed E-state index contributed by atoms with van der Waals surface area (Å²) in [6, 6.07) is 0. The van der Waals surface area contributed by atoms with Crippen molar-refractivity contribution in [3.05, 3.63) is 37.1 Å². The van der Waals surface area contributed by atoms with E-state index in [-0.39, 0.29) is 17.7 Å². The third-order valence-electron chi connectivity index (χ3n) is 7.53. The van der Waals surface area contributed by atoms with Crippen LogP contribution >= 0.6 is 0 Å². The minimum absolute atomic E-state index is 0.0456. The van der Waals surface area contributed by atoms with Crippen molar-refractivity contribution in [3.8, 4) is 11.1 Å². The molecule has 0 bridgehead atoms. The van der Waals surface area contributed by atoms with E-state index in [1.165, 1.54) is 12.4 Å². The molecule has 0 saturated carbocycles. The molecule has 10 heteroatoms. The third kappa shape index (κ3) is 4.17. The Balaban J connectivity index is 1.47. The summed E-state index contributed by atoms with van der Waals surface area (Å²) in [7, 11) is 2.00. The van der Waals surface area contributed by atoms with Gasteiger partial charge in [0.25, 0.3) is 0 Å². The molecule has 10 nitrogen and oxygen atoms in total. The summed E-state index contributed by atoms with van der Waals surface area (Å²) in [4.78, 5) is 36.4. The lowest BCUT2D eigenvalue weighted by Gasteiger charge is -2.31. The first-order valence-corrected chi connectivity index (χ1v) is 12.2. The van der Waals surface area contributed by atoms with Crippen LogP contribution in [0.25, 0.3) is 22.2 Å². The van der Waals surface area contributed by atoms with Crippen LogP contribution in [0.3, 0.4) is 0 Å². The Hall–Kier alpha value is -3.69. The van der Waals surface area contributed by atoms with E-state index in [1.54, 1.807) is 6.92 Å². The number of rotatable bonds is 5. The number of fused-ring (bicyclic) bond motifs is 1. The van der Waals surface area contributed by atoms with E-state index in [0.29, 0.717) is 24.8 Å². The van der Waals surface area contributed by atoms with Gasteiger partial charge in [-0.05, 0) is 31.3 Å². The Morgan fingerprint density at radius 2 is 1.91 bits per heavy atom. The highest BCUT2D eigenvalue weighted by Gasteiger charge is 2.33. The van der Waals surface area contributed by atoms with E-state index in [2.05, 4.69) is 32.4 Å². The lowest BCUT2D eigenvalue weighted by molar-refractivity contribution is -0.130. The molecule has 3 aromatic rings. The van der Waals surface area contributed by atoms with Crippen LogP contribution in [0, 0.1) is 5.92 Å². The maximum Gasteiger partial charge on any atom is 0.245 e. The number of hydrogen-bond acceptors (Lipinski definition) is 6. The molecule has 2 fully saturated rings. The van der Waals surface area contributed by atoms with Crippen molar-refractivity contribution in [2.24, 2.45) is 13.0 Å². The standard InChI is InChI=1S/C25H32N8O2/c1-4-20(35)32-10-7-18(13-32)23-21(22-24(26)27-15-28-25(22)30(23)3)19-11-29-33(14-19)12-17-5-8-31(9-6-17)16(2)34/h4,11,14-15,17-18H,1,5-10,12-13H2,2-3H3,(H2,26,27,28). The molecular formula is C25H32N8O2. The van der Waals surface area contributed by atoms with Crippen LogP contribution < -0.4 is 5.73 Å². The van der Waals surface area contributed by atoms with Gasteiger partial charge in [-0.3, -0.25) is 14.3 Å². The zero-order valence-electron chi connectivity index (χ0n) is 20.4. The number of likely N-dealkylation sites (tertiary alicyclic amines) is 2. The largest absolute Gasteiger partial charge is 0.383 e. The highest BCUT2D eigenvalue weighted by atomic mass is 16.2. The number of nitrogens with two attached hydrogens (primary N) is 1. The van der Waals surface area contributed by atoms with Gasteiger partial charge < -0.3 is 20.1 Å².